The van der Waals surface area contributed by atoms with Crippen LogP contribution in [-0.4, -0.2) is 0 Å². The van der Waals surface area contributed by atoms with Crippen LogP contribution < -0.4 is 5.73 Å². The minimum Gasteiger partial charge on any atom is -0.461 e. The summed E-state index contributed by atoms with van der Waals surface area (Å²) in [7, 11) is 0. The fraction of sp³-hybridized carbons (Fsp3) is 0.176. The monoisotopic (exact) mass is 251 g/mol. The largest absolute Gasteiger partial charge is 0.461 e. The molecule has 1 aromatic heterocycles. The molecular formula is C17H17NO. The molecule has 0 saturated heterocycles. The van der Waals surface area contributed by atoms with Gasteiger partial charge in [0, 0.05) is 17.0 Å². The molecule has 19 heavy (non-hydrogen) atoms. The molecule has 0 spiro atoms. The molecule has 2 nitrogen and oxygen atoms in total. The van der Waals surface area contributed by atoms with Crippen molar-refractivity contribution >= 4 is 11.0 Å². The maximum Gasteiger partial charge on any atom is 0.134 e. The molecule has 96 valence electrons. The molecule has 1 heterocycles. The molecule has 0 amide bonds. The number of hydrogen-bond acceptors (Lipinski definition) is 2. The van der Waals surface area contributed by atoms with Crippen molar-refractivity contribution < 1.29 is 4.42 Å². The van der Waals surface area contributed by atoms with E-state index in [0.29, 0.717) is 0 Å². The predicted octanol–water partition coefficient (Wildman–Crippen LogP) is 3.98. The van der Waals surface area contributed by atoms with Crippen LogP contribution in [-0.2, 0) is 6.42 Å². The second-order valence-electron chi connectivity index (χ2n) is 4.85. The number of fused-ring (bicyclic) bond motifs is 1. The summed E-state index contributed by atoms with van der Waals surface area (Å²) in [6, 6.07) is 18.3. The molecule has 2 N–H and O–H groups in total. The van der Waals surface area contributed by atoms with E-state index in [1.165, 1.54) is 10.9 Å². The van der Waals surface area contributed by atoms with E-state index in [1.54, 1.807) is 0 Å². The van der Waals surface area contributed by atoms with Crippen LogP contribution in [0.4, 0.5) is 0 Å². The molecule has 2 aromatic carbocycles. The number of furan rings is 1. The molecule has 3 aromatic rings. The quantitative estimate of drug-likeness (QED) is 0.764. The number of benzene rings is 2. The summed E-state index contributed by atoms with van der Waals surface area (Å²) >= 11 is 0. The summed E-state index contributed by atoms with van der Waals surface area (Å²) in [5, 5.41) is 1.17. The van der Waals surface area contributed by atoms with Gasteiger partial charge in [0.25, 0.3) is 0 Å². The highest BCUT2D eigenvalue weighted by Gasteiger charge is 2.14. The van der Waals surface area contributed by atoms with Crippen LogP contribution >= 0.6 is 0 Å². The second-order valence-corrected chi connectivity index (χ2v) is 4.85. The van der Waals surface area contributed by atoms with Crippen molar-refractivity contribution in [1.82, 2.24) is 0 Å². The summed E-state index contributed by atoms with van der Waals surface area (Å²) < 4.78 is 5.78. The first-order chi connectivity index (χ1) is 9.25. The van der Waals surface area contributed by atoms with Crippen molar-refractivity contribution in [1.29, 1.82) is 0 Å². The average Bonchev–Trinajstić information content (AvgIpc) is 2.76. The Balaban J connectivity index is 1.95. The van der Waals surface area contributed by atoms with Crippen LogP contribution in [0.15, 0.2) is 59.0 Å². The van der Waals surface area contributed by atoms with Gasteiger partial charge in [-0.25, -0.2) is 0 Å². The summed E-state index contributed by atoms with van der Waals surface area (Å²) in [6.07, 6.45) is 0.798. The van der Waals surface area contributed by atoms with E-state index in [4.69, 9.17) is 10.2 Å². The minimum atomic E-state index is 0.000839. The Bertz CT molecular complexity index is 685. The van der Waals surface area contributed by atoms with Gasteiger partial charge in [0.2, 0.25) is 0 Å². The Hall–Kier alpha value is -2.06. The molecule has 1 unspecified atom stereocenters. The van der Waals surface area contributed by atoms with Crippen molar-refractivity contribution in [2.45, 2.75) is 19.4 Å². The molecule has 0 fully saturated rings. The van der Waals surface area contributed by atoms with Gasteiger partial charge < -0.3 is 10.2 Å². The van der Waals surface area contributed by atoms with Crippen molar-refractivity contribution in [3.05, 3.63) is 71.5 Å². The van der Waals surface area contributed by atoms with Crippen LogP contribution in [0.3, 0.4) is 0 Å². The topological polar surface area (TPSA) is 39.2 Å². The molecule has 1 atom stereocenters. The van der Waals surface area contributed by atoms with Crippen molar-refractivity contribution in [3.63, 3.8) is 0 Å². The Morgan fingerprint density at radius 2 is 1.68 bits per heavy atom. The third-order valence-electron chi connectivity index (χ3n) is 3.55. The number of nitrogens with two attached hydrogens (primary N) is 1. The molecule has 0 radical (unpaired) electrons. The van der Waals surface area contributed by atoms with Crippen LogP contribution in [0, 0.1) is 6.92 Å². The van der Waals surface area contributed by atoms with Crippen molar-refractivity contribution in [2.75, 3.05) is 0 Å². The first-order valence-electron chi connectivity index (χ1n) is 6.53. The lowest BCUT2D eigenvalue weighted by atomic mass is 9.98. The molecule has 3 rings (SSSR count). The molecular weight excluding hydrogens is 234 g/mol. The SMILES string of the molecule is Cc1oc2ccccc2c1CC(N)c1ccccc1. The van der Waals surface area contributed by atoms with Gasteiger partial charge in [-0.1, -0.05) is 48.5 Å². The normalized spacial score (nSPS) is 12.7. The summed E-state index contributed by atoms with van der Waals surface area (Å²) in [5.74, 6) is 0.965. The van der Waals surface area contributed by atoms with Crippen LogP contribution in [0.5, 0.6) is 0 Å². The maximum atomic E-state index is 6.30. The van der Waals surface area contributed by atoms with Crippen molar-refractivity contribution in [2.24, 2.45) is 5.73 Å². The van der Waals surface area contributed by atoms with E-state index in [9.17, 15) is 0 Å². The zero-order valence-electron chi connectivity index (χ0n) is 11.0. The lowest BCUT2D eigenvalue weighted by Gasteiger charge is -2.11. The van der Waals surface area contributed by atoms with Gasteiger partial charge in [0.1, 0.15) is 11.3 Å². The first kappa shape index (κ1) is 12.0. The third kappa shape index (κ3) is 2.27. The Morgan fingerprint density at radius 1 is 1.00 bits per heavy atom. The highest BCUT2D eigenvalue weighted by atomic mass is 16.3. The van der Waals surface area contributed by atoms with E-state index in [0.717, 1.165) is 23.3 Å². The molecule has 0 bridgehead atoms. The second kappa shape index (κ2) is 4.90. The Morgan fingerprint density at radius 3 is 2.47 bits per heavy atom. The summed E-state index contributed by atoms with van der Waals surface area (Å²) in [4.78, 5) is 0. The van der Waals surface area contributed by atoms with E-state index in [-0.39, 0.29) is 6.04 Å². The molecule has 0 aliphatic carbocycles. The third-order valence-corrected chi connectivity index (χ3v) is 3.55. The van der Waals surface area contributed by atoms with E-state index >= 15 is 0 Å². The zero-order valence-corrected chi connectivity index (χ0v) is 11.0. The van der Waals surface area contributed by atoms with Crippen LogP contribution in [0.25, 0.3) is 11.0 Å². The van der Waals surface area contributed by atoms with E-state index in [1.807, 2.05) is 43.3 Å². The number of aryl methyl sites for hydroxylation is 1. The van der Waals surface area contributed by atoms with E-state index in [2.05, 4.69) is 18.2 Å². The number of rotatable bonds is 3. The van der Waals surface area contributed by atoms with Gasteiger partial charge in [0.05, 0.1) is 0 Å². The van der Waals surface area contributed by atoms with Gasteiger partial charge in [-0.05, 0) is 25.0 Å². The molecule has 2 heteroatoms. The first-order valence-corrected chi connectivity index (χ1v) is 6.53. The fourth-order valence-corrected chi connectivity index (χ4v) is 2.51. The fourth-order valence-electron chi connectivity index (χ4n) is 2.51. The smallest absolute Gasteiger partial charge is 0.134 e. The van der Waals surface area contributed by atoms with Crippen LogP contribution in [0.1, 0.15) is 22.9 Å². The highest BCUT2D eigenvalue weighted by molar-refractivity contribution is 5.82. The molecule has 0 aliphatic rings. The average molecular weight is 251 g/mol. The lowest BCUT2D eigenvalue weighted by molar-refractivity contribution is 0.567. The zero-order chi connectivity index (χ0) is 13.2. The van der Waals surface area contributed by atoms with Crippen molar-refractivity contribution in [3.8, 4) is 0 Å². The van der Waals surface area contributed by atoms with Crippen LogP contribution in [0.2, 0.25) is 0 Å². The van der Waals surface area contributed by atoms with Gasteiger partial charge >= 0.3 is 0 Å². The maximum absolute atomic E-state index is 6.30. The standard InChI is InChI=1S/C17H17NO/c1-12-15(14-9-5-6-10-17(14)19-12)11-16(18)13-7-3-2-4-8-13/h2-10,16H,11,18H2,1H3. The molecule has 0 aliphatic heterocycles. The summed E-state index contributed by atoms with van der Waals surface area (Å²) in [5.41, 5.74) is 9.62. The Kier molecular flexibility index (Phi) is 3.10. The number of hydrogen-bond donors (Lipinski definition) is 1. The minimum absolute atomic E-state index is 0.000839. The van der Waals surface area contributed by atoms with E-state index < -0.39 is 0 Å². The summed E-state index contributed by atoms with van der Waals surface area (Å²) in [6.45, 7) is 2.01. The highest BCUT2D eigenvalue weighted by Crippen LogP contribution is 2.28. The Labute approximate surface area is 112 Å². The molecule has 0 saturated carbocycles. The van der Waals surface area contributed by atoms with Gasteiger partial charge in [-0.2, -0.15) is 0 Å². The number of para-hydroxylation sites is 1. The predicted molar refractivity (Wildman–Crippen MR) is 78.0 cm³/mol. The lowest BCUT2D eigenvalue weighted by Crippen LogP contribution is -2.13. The van der Waals surface area contributed by atoms with Gasteiger partial charge in [-0.3, -0.25) is 0 Å². The van der Waals surface area contributed by atoms with Gasteiger partial charge in [0.15, 0.2) is 0 Å². The van der Waals surface area contributed by atoms with Gasteiger partial charge in [-0.15, -0.1) is 0 Å².